The summed E-state index contributed by atoms with van der Waals surface area (Å²) in [5.74, 6) is 0.815. The molecule has 0 aliphatic carbocycles. The van der Waals surface area contributed by atoms with Gasteiger partial charge < -0.3 is 9.38 Å². The van der Waals surface area contributed by atoms with Crippen LogP contribution < -0.4 is 0 Å². The number of rotatable bonds is 3. The van der Waals surface area contributed by atoms with Gasteiger partial charge in [-0.15, -0.1) is 0 Å². The van der Waals surface area contributed by atoms with E-state index >= 15 is 0 Å². The lowest BCUT2D eigenvalue weighted by atomic mass is 10.0. The first-order valence-corrected chi connectivity index (χ1v) is 5.93. The second-order valence-electron chi connectivity index (χ2n) is 6.04. The quantitative estimate of drug-likeness (QED) is 0.627. The molecule has 0 spiro atoms. The summed E-state index contributed by atoms with van der Waals surface area (Å²) in [6.45, 7) is 8.51. The van der Waals surface area contributed by atoms with E-state index in [1.807, 2.05) is 0 Å². The van der Waals surface area contributed by atoms with Crippen molar-refractivity contribution >= 4 is 0 Å². The van der Waals surface area contributed by atoms with Gasteiger partial charge in [0.15, 0.2) is 0 Å². The number of hydrogen-bond acceptors (Lipinski definition) is 1. The van der Waals surface area contributed by atoms with Crippen molar-refractivity contribution in [3.05, 3.63) is 0 Å². The highest BCUT2D eigenvalue weighted by Gasteiger charge is 2.28. The molecule has 0 aromatic carbocycles. The Kier molecular flexibility index (Phi) is 3.96. The maximum atomic E-state index is 2.62. The fraction of sp³-hybridized carbons (Fsp3) is 1.00. The highest BCUT2D eigenvalue weighted by atomic mass is 15.3. The molecule has 14 heavy (non-hydrogen) atoms. The molecule has 1 heterocycles. The Morgan fingerprint density at radius 3 is 2.00 bits per heavy atom. The van der Waals surface area contributed by atoms with Gasteiger partial charge in [-0.25, -0.2) is 0 Å². The maximum absolute atomic E-state index is 2.62. The minimum Gasteiger partial charge on any atom is -0.328 e. The molecule has 1 aliphatic rings. The van der Waals surface area contributed by atoms with Crippen LogP contribution in [0.5, 0.6) is 0 Å². The van der Waals surface area contributed by atoms with Crippen LogP contribution in [0.3, 0.4) is 0 Å². The van der Waals surface area contributed by atoms with Crippen molar-refractivity contribution in [2.45, 2.75) is 32.7 Å². The predicted octanol–water partition coefficient (Wildman–Crippen LogP) is 1.81. The molecule has 0 bridgehead atoms. The first-order chi connectivity index (χ1) is 6.39. The van der Waals surface area contributed by atoms with Crippen LogP contribution in [0.15, 0.2) is 0 Å². The lowest BCUT2D eigenvalue weighted by Crippen LogP contribution is -2.51. The van der Waals surface area contributed by atoms with E-state index in [0.29, 0.717) is 0 Å². The van der Waals surface area contributed by atoms with Gasteiger partial charge in [0.05, 0.1) is 27.2 Å². The van der Waals surface area contributed by atoms with Crippen molar-refractivity contribution in [1.82, 2.24) is 4.90 Å². The molecular formula is C12H27N2+. The molecule has 2 nitrogen and oxygen atoms in total. The SMILES string of the molecule is CC(C)CN1CCC([N+](C)(C)C)CC1. The highest BCUT2D eigenvalue weighted by Crippen LogP contribution is 2.18. The zero-order valence-electron chi connectivity index (χ0n) is 10.6. The summed E-state index contributed by atoms with van der Waals surface area (Å²) in [5, 5.41) is 0. The van der Waals surface area contributed by atoms with Crippen LogP contribution in [-0.4, -0.2) is 56.2 Å². The molecule has 0 radical (unpaired) electrons. The normalized spacial score (nSPS) is 21.9. The minimum atomic E-state index is 0.815. The molecule has 1 aliphatic heterocycles. The van der Waals surface area contributed by atoms with Crippen molar-refractivity contribution in [3.63, 3.8) is 0 Å². The summed E-state index contributed by atoms with van der Waals surface area (Å²) in [4.78, 5) is 2.62. The monoisotopic (exact) mass is 199 g/mol. The number of hydrogen-bond donors (Lipinski definition) is 0. The second-order valence-corrected chi connectivity index (χ2v) is 6.04. The number of likely N-dealkylation sites (tertiary alicyclic amines) is 1. The predicted molar refractivity (Wildman–Crippen MR) is 62.3 cm³/mol. The van der Waals surface area contributed by atoms with Gasteiger partial charge in [-0.1, -0.05) is 13.8 Å². The topological polar surface area (TPSA) is 3.24 Å². The molecule has 0 amide bonds. The van der Waals surface area contributed by atoms with Crippen LogP contribution in [0, 0.1) is 5.92 Å². The van der Waals surface area contributed by atoms with E-state index in [9.17, 15) is 0 Å². The van der Waals surface area contributed by atoms with E-state index in [4.69, 9.17) is 0 Å². The standard InChI is InChI=1S/C12H27N2/c1-11(2)10-13-8-6-12(7-9-13)14(3,4)5/h11-12H,6-10H2,1-5H3/q+1. The third-order valence-corrected chi connectivity index (χ3v) is 3.28. The Labute approximate surface area is 89.5 Å². The van der Waals surface area contributed by atoms with Crippen LogP contribution in [0.1, 0.15) is 26.7 Å². The van der Waals surface area contributed by atoms with Crippen molar-refractivity contribution in [3.8, 4) is 0 Å². The lowest BCUT2D eigenvalue weighted by molar-refractivity contribution is -0.897. The molecule has 0 aromatic heterocycles. The van der Waals surface area contributed by atoms with Gasteiger partial charge in [-0.2, -0.15) is 0 Å². The van der Waals surface area contributed by atoms with Crippen molar-refractivity contribution in [1.29, 1.82) is 0 Å². The first kappa shape index (κ1) is 12.0. The van der Waals surface area contributed by atoms with Gasteiger partial charge >= 0.3 is 0 Å². The Morgan fingerprint density at radius 1 is 1.14 bits per heavy atom. The zero-order valence-corrected chi connectivity index (χ0v) is 10.6. The maximum Gasteiger partial charge on any atom is 0.0908 e. The molecule has 84 valence electrons. The third-order valence-electron chi connectivity index (χ3n) is 3.28. The van der Waals surface area contributed by atoms with E-state index in [0.717, 1.165) is 16.4 Å². The van der Waals surface area contributed by atoms with Crippen LogP contribution in [0.4, 0.5) is 0 Å². The number of piperidine rings is 1. The zero-order chi connectivity index (χ0) is 10.8. The Balaban J connectivity index is 2.31. The summed E-state index contributed by atoms with van der Waals surface area (Å²) in [6, 6.07) is 0.874. The fourth-order valence-electron chi connectivity index (χ4n) is 2.39. The van der Waals surface area contributed by atoms with Gasteiger partial charge in [-0.3, -0.25) is 0 Å². The Hall–Kier alpha value is -0.0800. The van der Waals surface area contributed by atoms with Crippen molar-refractivity contribution in [2.75, 3.05) is 40.8 Å². The smallest absolute Gasteiger partial charge is 0.0908 e. The van der Waals surface area contributed by atoms with E-state index in [-0.39, 0.29) is 0 Å². The largest absolute Gasteiger partial charge is 0.328 e. The highest BCUT2D eigenvalue weighted by molar-refractivity contribution is 4.73. The van der Waals surface area contributed by atoms with E-state index in [2.05, 4.69) is 39.9 Å². The second kappa shape index (κ2) is 4.63. The molecule has 1 saturated heterocycles. The molecule has 1 rings (SSSR count). The van der Waals surface area contributed by atoms with Gasteiger partial charge in [0.25, 0.3) is 0 Å². The molecular weight excluding hydrogens is 172 g/mol. The number of quaternary nitrogens is 1. The summed E-state index contributed by atoms with van der Waals surface area (Å²) >= 11 is 0. The summed E-state index contributed by atoms with van der Waals surface area (Å²) in [7, 11) is 6.97. The summed E-state index contributed by atoms with van der Waals surface area (Å²) in [5.41, 5.74) is 0. The van der Waals surface area contributed by atoms with E-state index < -0.39 is 0 Å². The molecule has 0 atom stereocenters. The average molecular weight is 199 g/mol. The molecule has 1 fully saturated rings. The molecule has 0 N–H and O–H groups in total. The van der Waals surface area contributed by atoms with Crippen molar-refractivity contribution in [2.24, 2.45) is 5.92 Å². The summed E-state index contributed by atoms with van der Waals surface area (Å²) in [6.07, 6.45) is 2.74. The van der Waals surface area contributed by atoms with Gasteiger partial charge in [-0.05, 0) is 5.92 Å². The van der Waals surface area contributed by atoms with Gasteiger partial charge in [0.1, 0.15) is 0 Å². The number of nitrogens with zero attached hydrogens (tertiary/aromatic N) is 2. The molecule has 0 unspecified atom stereocenters. The van der Waals surface area contributed by atoms with E-state index in [1.54, 1.807) is 0 Å². The van der Waals surface area contributed by atoms with Crippen LogP contribution >= 0.6 is 0 Å². The van der Waals surface area contributed by atoms with Gasteiger partial charge in [0.2, 0.25) is 0 Å². The van der Waals surface area contributed by atoms with Crippen LogP contribution in [0.25, 0.3) is 0 Å². The summed E-state index contributed by atoms with van der Waals surface area (Å²) < 4.78 is 1.13. The molecule has 2 heteroatoms. The van der Waals surface area contributed by atoms with Crippen molar-refractivity contribution < 1.29 is 4.48 Å². The van der Waals surface area contributed by atoms with E-state index in [1.165, 1.54) is 32.5 Å². The fourth-order valence-corrected chi connectivity index (χ4v) is 2.39. The Morgan fingerprint density at radius 2 is 1.64 bits per heavy atom. The van der Waals surface area contributed by atoms with Crippen LogP contribution in [-0.2, 0) is 0 Å². The minimum absolute atomic E-state index is 0.815. The molecule has 0 saturated carbocycles. The molecule has 0 aromatic rings. The third kappa shape index (κ3) is 3.58. The first-order valence-electron chi connectivity index (χ1n) is 5.93. The average Bonchev–Trinajstić information content (AvgIpc) is 2.02. The Bertz CT molecular complexity index is 162. The lowest BCUT2D eigenvalue weighted by Gasteiger charge is -2.40. The van der Waals surface area contributed by atoms with Crippen LogP contribution in [0.2, 0.25) is 0 Å². The van der Waals surface area contributed by atoms with Gasteiger partial charge in [0, 0.05) is 32.5 Å².